The van der Waals surface area contributed by atoms with Crippen LogP contribution in [0.25, 0.3) is 50.4 Å². The van der Waals surface area contributed by atoms with Gasteiger partial charge in [-0.2, -0.15) is 0 Å². The van der Waals surface area contributed by atoms with E-state index < -0.39 is 5.97 Å². The summed E-state index contributed by atoms with van der Waals surface area (Å²) in [4.78, 5) is 26.9. The minimum absolute atomic E-state index is 0.197. The number of oxazole rings is 1. The molecule has 2 N–H and O–H groups in total. The molecule has 8 nitrogen and oxygen atoms in total. The predicted octanol–water partition coefficient (Wildman–Crippen LogP) is 5.14. The highest BCUT2D eigenvalue weighted by Crippen LogP contribution is 2.33. The zero-order chi connectivity index (χ0) is 23.2. The number of carbonyl (C=O) groups excluding carboxylic acids is 1. The Labute approximate surface area is 193 Å². The molecular weight excluding hydrogens is 430 g/mol. The van der Waals surface area contributed by atoms with Gasteiger partial charge < -0.3 is 14.9 Å². The first-order valence-corrected chi connectivity index (χ1v) is 10.8. The number of nitrogen functional groups attached to an aromatic ring is 1. The average Bonchev–Trinajstić information content (AvgIpc) is 3.41. The third kappa shape index (κ3) is 3.07. The van der Waals surface area contributed by atoms with Crippen LogP contribution in [0.2, 0.25) is 0 Å². The summed E-state index contributed by atoms with van der Waals surface area (Å²) in [6.07, 6.45) is 0. The van der Waals surface area contributed by atoms with Gasteiger partial charge >= 0.3 is 5.97 Å². The van der Waals surface area contributed by atoms with E-state index in [-0.39, 0.29) is 18.0 Å². The molecular formula is C26H19N5O3. The molecule has 3 aromatic carbocycles. The highest BCUT2D eigenvalue weighted by Gasteiger charge is 2.26. The maximum absolute atomic E-state index is 12.8. The molecule has 0 atom stereocenters. The second kappa shape index (κ2) is 7.70. The molecule has 0 radical (unpaired) electrons. The van der Waals surface area contributed by atoms with Crippen molar-refractivity contribution in [2.45, 2.75) is 6.92 Å². The lowest BCUT2D eigenvalue weighted by atomic mass is 10.2. The van der Waals surface area contributed by atoms with E-state index in [9.17, 15) is 4.79 Å². The molecule has 166 valence electrons. The first kappa shape index (κ1) is 19.9. The van der Waals surface area contributed by atoms with Gasteiger partial charge in [0.1, 0.15) is 22.4 Å². The maximum atomic E-state index is 12.8. The summed E-state index contributed by atoms with van der Waals surface area (Å²) >= 11 is 0. The van der Waals surface area contributed by atoms with E-state index in [1.807, 2.05) is 72.8 Å². The van der Waals surface area contributed by atoms with Crippen LogP contribution in [-0.4, -0.2) is 32.1 Å². The SMILES string of the molecule is CCOC(=O)c1c(N)n(-c2cccc(-c3nc4ccccc4o3)c2)c2nc3ccccc3nc12. The molecule has 6 rings (SSSR count). The molecule has 0 saturated heterocycles. The number of benzene rings is 3. The molecule has 0 aliphatic heterocycles. The van der Waals surface area contributed by atoms with E-state index in [1.54, 1.807) is 11.5 Å². The van der Waals surface area contributed by atoms with Gasteiger partial charge in [-0.15, -0.1) is 0 Å². The Kier molecular flexibility index (Phi) is 4.51. The Balaban J connectivity index is 1.59. The number of anilines is 1. The quantitative estimate of drug-likeness (QED) is 0.371. The number of carbonyl (C=O) groups is 1. The van der Waals surface area contributed by atoms with Gasteiger partial charge in [-0.1, -0.05) is 30.3 Å². The van der Waals surface area contributed by atoms with E-state index in [4.69, 9.17) is 24.9 Å². The van der Waals surface area contributed by atoms with Crippen LogP contribution in [0.3, 0.4) is 0 Å². The number of para-hydroxylation sites is 4. The summed E-state index contributed by atoms with van der Waals surface area (Å²) in [5, 5.41) is 0. The van der Waals surface area contributed by atoms with Gasteiger partial charge in [0.2, 0.25) is 5.89 Å². The van der Waals surface area contributed by atoms with Gasteiger partial charge in [0.15, 0.2) is 11.2 Å². The summed E-state index contributed by atoms with van der Waals surface area (Å²) in [6, 6.07) is 22.6. The van der Waals surface area contributed by atoms with Crippen molar-refractivity contribution in [3.8, 4) is 17.1 Å². The lowest BCUT2D eigenvalue weighted by Crippen LogP contribution is -2.09. The number of nitrogens with zero attached hydrogens (tertiary/aromatic N) is 4. The molecule has 34 heavy (non-hydrogen) atoms. The van der Waals surface area contributed by atoms with E-state index >= 15 is 0 Å². The third-order valence-electron chi connectivity index (χ3n) is 5.62. The molecule has 8 heteroatoms. The van der Waals surface area contributed by atoms with Crippen LogP contribution in [0.15, 0.2) is 77.2 Å². The van der Waals surface area contributed by atoms with E-state index in [1.165, 1.54) is 0 Å². The zero-order valence-electron chi connectivity index (χ0n) is 18.2. The van der Waals surface area contributed by atoms with Gasteiger partial charge in [-0.3, -0.25) is 4.57 Å². The monoisotopic (exact) mass is 449 g/mol. The van der Waals surface area contributed by atoms with Crippen molar-refractivity contribution < 1.29 is 13.9 Å². The lowest BCUT2D eigenvalue weighted by molar-refractivity contribution is 0.0529. The highest BCUT2D eigenvalue weighted by molar-refractivity contribution is 6.09. The number of fused-ring (bicyclic) bond motifs is 3. The summed E-state index contributed by atoms with van der Waals surface area (Å²) in [7, 11) is 0. The lowest BCUT2D eigenvalue weighted by Gasteiger charge is -2.09. The minimum Gasteiger partial charge on any atom is -0.462 e. The van der Waals surface area contributed by atoms with Gasteiger partial charge in [0.25, 0.3) is 0 Å². The second-order valence-electron chi connectivity index (χ2n) is 7.74. The number of hydrogen-bond acceptors (Lipinski definition) is 7. The Morgan fingerprint density at radius 2 is 1.68 bits per heavy atom. The number of nitrogens with two attached hydrogens (primary N) is 1. The fourth-order valence-corrected chi connectivity index (χ4v) is 4.10. The predicted molar refractivity (Wildman–Crippen MR) is 130 cm³/mol. The van der Waals surface area contributed by atoms with Crippen molar-refractivity contribution in [2.75, 3.05) is 12.3 Å². The molecule has 0 unspecified atom stereocenters. The maximum Gasteiger partial charge on any atom is 0.344 e. The molecule has 0 bridgehead atoms. The largest absolute Gasteiger partial charge is 0.462 e. The minimum atomic E-state index is -0.538. The van der Waals surface area contributed by atoms with Gasteiger partial charge in [-0.25, -0.2) is 19.7 Å². The van der Waals surface area contributed by atoms with Crippen molar-refractivity contribution >= 4 is 45.1 Å². The fraction of sp³-hybridized carbons (Fsp3) is 0.0769. The molecule has 0 fully saturated rings. The molecule has 0 spiro atoms. The molecule has 0 saturated carbocycles. The van der Waals surface area contributed by atoms with Crippen molar-refractivity contribution in [3.63, 3.8) is 0 Å². The summed E-state index contributed by atoms with van der Waals surface area (Å²) < 4.78 is 12.9. The first-order valence-electron chi connectivity index (χ1n) is 10.8. The molecule has 0 aliphatic carbocycles. The smallest absolute Gasteiger partial charge is 0.344 e. The van der Waals surface area contributed by atoms with Crippen LogP contribution in [0.1, 0.15) is 17.3 Å². The molecule has 3 heterocycles. The van der Waals surface area contributed by atoms with E-state index in [0.29, 0.717) is 39.4 Å². The van der Waals surface area contributed by atoms with Crippen molar-refractivity contribution in [3.05, 3.63) is 78.4 Å². The normalized spacial score (nSPS) is 11.4. The average molecular weight is 449 g/mol. The standard InChI is InChI=1S/C26H19N5O3/c1-2-33-26(32)21-22-24(29-18-11-4-3-10-17(18)28-22)31(23(21)27)16-9-7-8-15(14-16)25-30-19-12-5-6-13-20(19)34-25/h3-14H,2,27H2,1H3. The molecule has 6 aromatic rings. The zero-order valence-corrected chi connectivity index (χ0v) is 18.2. The van der Waals surface area contributed by atoms with Crippen molar-refractivity contribution in [2.24, 2.45) is 0 Å². The van der Waals surface area contributed by atoms with Gasteiger partial charge in [-0.05, 0) is 49.4 Å². The van der Waals surface area contributed by atoms with Crippen LogP contribution >= 0.6 is 0 Å². The van der Waals surface area contributed by atoms with Crippen LogP contribution in [-0.2, 0) is 4.74 Å². The molecule has 3 aromatic heterocycles. The van der Waals surface area contributed by atoms with Crippen molar-refractivity contribution in [1.29, 1.82) is 0 Å². The summed E-state index contributed by atoms with van der Waals surface area (Å²) in [6.45, 7) is 1.97. The topological polar surface area (TPSA) is 109 Å². The molecule has 0 amide bonds. The summed E-state index contributed by atoms with van der Waals surface area (Å²) in [5.74, 6) is 0.155. The Morgan fingerprint density at radius 1 is 0.941 bits per heavy atom. The number of hydrogen-bond donors (Lipinski definition) is 1. The van der Waals surface area contributed by atoms with Gasteiger partial charge in [0, 0.05) is 11.3 Å². The Hall–Kier alpha value is -4.72. The number of aromatic nitrogens is 4. The summed E-state index contributed by atoms with van der Waals surface area (Å²) in [5.41, 5.74) is 11.9. The van der Waals surface area contributed by atoms with Crippen LogP contribution in [0.5, 0.6) is 0 Å². The highest BCUT2D eigenvalue weighted by atomic mass is 16.5. The van der Waals surface area contributed by atoms with E-state index in [2.05, 4.69) is 4.98 Å². The molecule has 0 aliphatic rings. The van der Waals surface area contributed by atoms with Crippen LogP contribution < -0.4 is 5.73 Å². The fourth-order valence-electron chi connectivity index (χ4n) is 4.10. The number of ether oxygens (including phenoxy) is 1. The Bertz CT molecular complexity index is 1680. The number of esters is 1. The van der Waals surface area contributed by atoms with E-state index in [0.717, 1.165) is 11.1 Å². The second-order valence-corrected chi connectivity index (χ2v) is 7.74. The van der Waals surface area contributed by atoms with Crippen LogP contribution in [0, 0.1) is 0 Å². The third-order valence-corrected chi connectivity index (χ3v) is 5.62. The number of rotatable bonds is 4. The van der Waals surface area contributed by atoms with Crippen LogP contribution in [0.4, 0.5) is 5.82 Å². The first-order chi connectivity index (χ1) is 16.6. The Morgan fingerprint density at radius 3 is 2.44 bits per heavy atom. The van der Waals surface area contributed by atoms with Gasteiger partial charge in [0.05, 0.1) is 17.6 Å². The van der Waals surface area contributed by atoms with Crippen molar-refractivity contribution in [1.82, 2.24) is 19.5 Å².